The predicted octanol–water partition coefficient (Wildman–Crippen LogP) is 2.36. The first-order valence-electron chi connectivity index (χ1n) is 9.40. The van der Waals surface area contributed by atoms with Crippen LogP contribution in [0.5, 0.6) is 11.5 Å². The van der Waals surface area contributed by atoms with Gasteiger partial charge in [0, 0.05) is 26.3 Å². The van der Waals surface area contributed by atoms with Crippen LogP contribution < -0.4 is 19.1 Å². The van der Waals surface area contributed by atoms with Crippen molar-refractivity contribution < 1.29 is 27.4 Å². The first-order chi connectivity index (χ1) is 14.3. The number of ether oxygens (including phenoxy) is 3. The molecule has 0 unspecified atom stereocenters. The summed E-state index contributed by atoms with van der Waals surface area (Å²) in [5, 5.41) is 2.72. The largest absolute Gasteiger partial charge is 0.493 e. The van der Waals surface area contributed by atoms with Crippen LogP contribution in [0.15, 0.2) is 47.4 Å². The van der Waals surface area contributed by atoms with Crippen molar-refractivity contribution in [1.29, 1.82) is 0 Å². The first-order valence-corrected chi connectivity index (χ1v) is 10.8. The van der Waals surface area contributed by atoms with Crippen LogP contribution in [-0.4, -0.2) is 55.4 Å². The number of carbonyl (C=O) groups is 1. The smallest absolute Gasteiger partial charge is 0.264 e. The van der Waals surface area contributed by atoms with Gasteiger partial charge in [0.15, 0.2) is 11.5 Å². The van der Waals surface area contributed by atoms with E-state index in [0.717, 1.165) is 9.87 Å². The molecular weight excluding hydrogens is 408 g/mol. The molecule has 0 aliphatic heterocycles. The third-order valence-corrected chi connectivity index (χ3v) is 6.19. The summed E-state index contributed by atoms with van der Waals surface area (Å²) >= 11 is 0. The summed E-state index contributed by atoms with van der Waals surface area (Å²) in [4.78, 5) is 12.6. The van der Waals surface area contributed by atoms with Crippen molar-refractivity contribution in [3.63, 3.8) is 0 Å². The van der Waals surface area contributed by atoms with Crippen molar-refractivity contribution in [3.8, 4) is 11.5 Å². The molecule has 0 aliphatic carbocycles. The zero-order valence-electron chi connectivity index (χ0n) is 17.7. The maximum absolute atomic E-state index is 13.4. The lowest BCUT2D eigenvalue weighted by atomic mass is 10.2. The molecule has 0 heterocycles. The van der Waals surface area contributed by atoms with Crippen molar-refractivity contribution in [1.82, 2.24) is 5.32 Å². The number of aryl methyl sites for hydroxylation is 1. The van der Waals surface area contributed by atoms with Crippen LogP contribution in [-0.2, 0) is 19.6 Å². The molecule has 2 aromatic carbocycles. The lowest BCUT2D eigenvalue weighted by Crippen LogP contribution is -2.41. The minimum absolute atomic E-state index is 0.0927. The SMILES string of the molecule is COCCCNC(=O)CN(c1ccc(OC)c(OC)c1)S(=O)(=O)c1ccc(C)cc1. The summed E-state index contributed by atoms with van der Waals surface area (Å²) in [6, 6.07) is 11.2. The number of carbonyl (C=O) groups excluding carboxylic acids is 1. The van der Waals surface area contributed by atoms with Gasteiger partial charge in [0.05, 0.1) is 24.8 Å². The number of anilines is 1. The van der Waals surface area contributed by atoms with Crippen LogP contribution in [0, 0.1) is 6.92 Å². The normalized spacial score (nSPS) is 11.1. The van der Waals surface area contributed by atoms with Crippen molar-refractivity contribution >= 4 is 21.6 Å². The average molecular weight is 437 g/mol. The van der Waals surface area contributed by atoms with Crippen LogP contribution in [0.2, 0.25) is 0 Å². The van der Waals surface area contributed by atoms with E-state index < -0.39 is 15.9 Å². The highest BCUT2D eigenvalue weighted by atomic mass is 32.2. The first kappa shape index (κ1) is 23.5. The molecular formula is C21H28N2O6S. The third-order valence-electron chi connectivity index (χ3n) is 4.40. The lowest BCUT2D eigenvalue weighted by Gasteiger charge is -2.25. The van der Waals surface area contributed by atoms with Gasteiger partial charge in [0.1, 0.15) is 6.54 Å². The molecule has 164 valence electrons. The second kappa shape index (κ2) is 10.8. The van der Waals surface area contributed by atoms with Gasteiger partial charge in [0.25, 0.3) is 10.0 Å². The molecule has 0 fully saturated rings. The predicted molar refractivity (Wildman–Crippen MR) is 115 cm³/mol. The summed E-state index contributed by atoms with van der Waals surface area (Å²) < 4.78 is 43.3. The monoisotopic (exact) mass is 436 g/mol. The second-order valence-electron chi connectivity index (χ2n) is 6.56. The van der Waals surface area contributed by atoms with Gasteiger partial charge in [-0.2, -0.15) is 0 Å². The van der Waals surface area contributed by atoms with E-state index in [2.05, 4.69) is 5.32 Å². The van der Waals surface area contributed by atoms with E-state index in [9.17, 15) is 13.2 Å². The molecule has 2 rings (SSSR count). The number of hydrogen-bond donors (Lipinski definition) is 1. The minimum atomic E-state index is -3.99. The van der Waals surface area contributed by atoms with E-state index in [1.807, 2.05) is 6.92 Å². The van der Waals surface area contributed by atoms with Crippen LogP contribution in [0.3, 0.4) is 0 Å². The summed E-state index contributed by atoms with van der Waals surface area (Å²) in [5.74, 6) is 0.397. The Kier molecular flexibility index (Phi) is 8.49. The molecule has 0 radical (unpaired) electrons. The summed E-state index contributed by atoms with van der Waals surface area (Å²) in [6.07, 6.45) is 0.628. The average Bonchev–Trinajstić information content (AvgIpc) is 2.74. The van der Waals surface area contributed by atoms with Crippen LogP contribution in [0.25, 0.3) is 0 Å². The number of methoxy groups -OCH3 is 3. The van der Waals surface area contributed by atoms with Crippen molar-refractivity contribution in [3.05, 3.63) is 48.0 Å². The number of amides is 1. The second-order valence-corrected chi connectivity index (χ2v) is 8.42. The van der Waals surface area contributed by atoms with Crippen LogP contribution in [0.1, 0.15) is 12.0 Å². The maximum atomic E-state index is 13.4. The van der Waals surface area contributed by atoms with Gasteiger partial charge in [0.2, 0.25) is 5.91 Å². The third kappa shape index (κ3) is 5.87. The molecule has 0 bridgehead atoms. The Balaban J connectivity index is 2.39. The number of nitrogens with one attached hydrogen (secondary N) is 1. The molecule has 1 N–H and O–H groups in total. The van der Waals surface area contributed by atoms with Gasteiger partial charge in [-0.25, -0.2) is 8.42 Å². The number of sulfonamides is 1. The topological polar surface area (TPSA) is 94.2 Å². The quantitative estimate of drug-likeness (QED) is 0.544. The zero-order valence-corrected chi connectivity index (χ0v) is 18.5. The minimum Gasteiger partial charge on any atom is -0.493 e. The van der Waals surface area contributed by atoms with Crippen LogP contribution >= 0.6 is 0 Å². The molecule has 0 aromatic heterocycles. The molecule has 0 saturated heterocycles. The van der Waals surface area contributed by atoms with E-state index in [4.69, 9.17) is 14.2 Å². The fraction of sp³-hybridized carbons (Fsp3) is 0.381. The van der Waals surface area contributed by atoms with E-state index >= 15 is 0 Å². The maximum Gasteiger partial charge on any atom is 0.264 e. The van der Waals surface area contributed by atoms with Crippen molar-refractivity contribution in [2.75, 3.05) is 45.3 Å². The highest BCUT2D eigenvalue weighted by Gasteiger charge is 2.28. The Morgan fingerprint density at radius 2 is 1.67 bits per heavy atom. The molecule has 8 nitrogen and oxygen atoms in total. The Morgan fingerprint density at radius 1 is 1.00 bits per heavy atom. The molecule has 0 aliphatic rings. The van der Waals surface area contributed by atoms with Crippen molar-refractivity contribution in [2.24, 2.45) is 0 Å². The molecule has 0 atom stereocenters. The van der Waals surface area contributed by atoms with Gasteiger partial charge in [-0.15, -0.1) is 0 Å². The molecule has 2 aromatic rings. The summed E-state index contributed by atoms with van der Waals surface area (Å²) in [5.41, 5.74) is 1.22. The Bertz CT molecular complexity index is 944. The van der Waals surface area contributed by atoms with Gasteiger partial charge in [-0.05, 0) is 37.6 Å². The van der Waals surface area contributed by atoms with Gasteiger partial charge < -0.3 is 19.5 Å². The fourth-order valence-electron chi connectivity index (χ4n) is 2.76. The van der Waals surface area contributed by atoms with E-state index in [0.29, 0.717) is 36.8 Å². The number of nitrogens with zero attached hydrogens (tertiary/aromatic N) is 1. The Labute approximate surface area is 177 Å². The van der Waals surface area contributed by atoms with Gasteiger partial charge >= 0.3 is 0 Å². The standard InChI is InChI=1S/C21H28N2O6S/c1-16-6-9-18(10-7-16)30(25,26)23(15-21(24)22-12-5-13-27-2)17-8-11-19(28-3)20(14-17)29-4/h6-11,14H,5,12-13,15H2,1-4H3,(H,22,24). The zero-order chi connectivity index (χ0) is 22.1. The van der Waals surface area contributed by atoms with Crippen LogP contribution in [0.4, 0.5) is 5.69 Å². The van der Waals surface area contributed by atoms with Gasteiger partial charge in [-0.1, -0.05) is 17.7 Å². The number of benzene rings is 2. The summed E-state index contributed by atoms with van der Waals surface area (Å²) in [7, 11) is 0.537. The van der Waals surface area contributed by atoms with E-state index in [1.54, 1.807) is 31.4 Å². The summed E-state index contributed by atoms with van der Waals surface area (Å²) in [6.45, 7) is 2.38. The lowest BCUT2D eigenvalue weighted by molar-refractivity contribution is -0.119. The highest BCUT2D eigenvalue weighted by molar-refractivity contribution is 7.92. The molecule has 0 saturated carbocycles. The Morgan fingerprint density at radius 3 is 2.27 bits per heavy atom. The molecule has 0 spiro atoms. The van der Waals surface area contributed by atoms with E-state index in [-0.39, 0.29) is 11.4 Å². The van der Waals surface area contributed by atoms with Gasteiger partial charge in [-0.3, -0.25) is 9.10 Å². The number of hydrogen-bond acceptors (Lipinski definition) is 6. The molecule has 1 amide bonds. The number of rotatable bonds is 11. The fourth-order valence-corrected chi connectivity index (χ4v) is 4.18. The van der Waals surface area contributed by atoms with Crippen molar-refractivity contribution in [2.45, 2.75) is 18.2 Å². The highest BCUT2D eigenvalue weighted by Crippen LogP contribution is 2.33. The van der Waals surface area contributed by atoms with E-state index in [1.165, 1.54) is 32.4 Å². The molecule has 30 heavy (non-hydrogen) atoms. The molecule has 9 heteroatoms. The Hall–Kier alpha value is -2.78.